The first kappa shape index (κ1) is 27.5. The molecule has 0 radical (unpaired) electrons. The Balaban J connectivity index is 0.00000243. The molecule has 0 nitrogen and oxygen atoms in total. The molecule has 2 aromatic carbocycles. The predicted molar refractivity (Wildman–Crippen MR) is 103 cm³/mol. The molecule has 0 saturated heterocycles. The van der Waals surface area contributed by atoms with Gasteiger partial charge in [0.1, 0.15) is 0 Å². The van der Waals surface area contributed by atoms with Gasteiger partial charge in [-0.25, -0.2) is 0 Å². The van der Waals surface area contributed by atoms with E-state index in [-0.39, 0.29) is 42.6 Å². The minimum atomic E-state index is -0.00185. The Morgan fingerprint density at radius 2 is 1.32 bits per heavy atom. The summed E-state index contributed by atoms with van der Waals surface area (Å²) < 4.78 is 1.48. The van der Waals surface area contributed by atoms with Crippen LogP contribution >= 0.6 is 0 Å². The Bertz CT molecular complexity index is 727. The number of halogens is 3. The zero-order valence-corrected chi connectivity index (χ0v) is 20.3. The SMILES string of the molecule is CCCCC(C1=C(CC)[C]([Ti+3])=CC1)(c1ccccc1)c1ccccc1.[Cl-].[Cl-].[Cl-]. The molecule has 4 heteroatoms. The van der Waals surface area contributed by atoms with Crippen LogP contribution in [0.5, 0.6) is 0 Å². The topological polar surface area (TPSA) is 0 Å². The Labute approximate surface area is 200 Å². The van der Waals surface area contributed by atoms with Gasteiger partial charge in [-0.2, -0.15) is 0 Å². The van der Waals surface area contributed by atoms with Gasteiger partial charge in [0.15, 0.2) is 0 Å². The Hall–Kier alpha value is -0.496. The van der Waals surface area contributed by atoms with Crippen LogP contribution in [0.15, 0.2) is 81.8 Å². The van der Waals surface area contributed by atoms with Crippen molar-refractivity contribution in [1.29, 1.82) is 0 Å². The van der Waals surface area contributed by atoms with Crippen molar-refractivity contribution in [3.63, 3.8) is 0 Å². The van der Waals surface area contributed by atoms with E-state index in [9.17, 15) is 0 Å². The molecular formula is C24H27Cl3Ti. The largest absolute Gasteiger partial charge is 1.00 e. The number of rotatable bonds is 7. The Kier molecular flexibility index (Phi) is 12.7. The van der Waals surface area contributed by atoms with E-state index < -0.39 is 0 Å². The van der Waals surface area contributed by atoms with Gasteiger partial charge in [-0.3, -0.25) is 0 Å². The second kappa shape index (κ2) is 12.9. The van der Waals surface area contributed by atoms with Crippen molar-refractivity contribution < 1.29 is 57.7 Å². The maximum Gasteiger partial charge on any atom is -1.00 e. The molecular weight excluding hydrogens is 442 g/mol. The fraction of sp³-hybridized carbons (Fsp3) is 0.333. The van der Waals surface area contributed by atoms with Crippen molar-refractivity contribution in [3.05, 3.63) is 92.9 Å². The summed E-state index contributed by atoms with van der Waals surface area (Å²) in [5.74, 6) is 0. The van der Waals surface area contributed by atoms with Crippen LogP contribution in [0, 0.1) is 0 Å². The van der Waals surface area contributed by atoms with E-state index in [2.05, 4.69) is 101 Å². The molecule has 2 aromatic rings. The van der Waals surface area contributed by atoms with E-state index in [0.717, 1.165) is 12.8 Å². The molecule has 0 aromatic heterocycles. The quantitative estimate of drug-likeness (QED) is 0.401. The molecule has 28 heavy (non-hydrogen) atoms. The Morgan fingerprint density at radius 1 is 0.821 bits per heavy atom. The predicted octanol–water partition coefficient (Wildman–Crippen LogP) is -2.28. The standard InChI is InChI=1S/C24H27.3ClH.Ti/c1-3-5-19-24(21-14-8-6-9-15-21,22-16-10-7-11-17-22)23-18-12-13-20(23)4-2;;;;/h6-12,14-17H,3-5,18-19H2,1-2H3;3*1H;/q;;;;+3/p-3. The summed E-state index contributed by atoms with van der Waals surface area (Å²) in [4.78, 5) is 0. The molecule has 1 aliphatic carbocycles. The molecule has 0 spiro atoms. The third kappa shape index (κ3) is 5.35. The van der Waals surface area contributed by atoms with Gasteiger partial charge in [0.2, 0.25) is 0 Å². The van der Waals surface area contributed by atoms with Gasteiger partial charge in [-0.15, -0.1) is 0 Å². The number of unbranched alkanes of at least 4 members (excludes halogenated alkanes) is 1. The monoisotopic (exact) mass is 468 g/mol. The minimum absolute atomic E-state index is 0. The van der Waals surface area contributed by atoms with Crippen LogP contribution in [0.3, 0.4) is 0 Å². The van der Waals surface area contributed by atoms with Crippen molar-refractivity contribution in [2.24, 2.45) is 0 Å². The number of benzene rings is 2. The second-order valence-electron chi connectivity index (χ2n) is 6.87. The van der Waals surface area contributed by atoms with Crippen LogP contribution in [0.25, 0.3) is 0 Å². The van der Waals surface area contributed by atoms with E-state index in [1.165, 1.54) is 34.3 Å². The molecule has 0 atom stereocenters. The van der Waals surface area contributed by atoms with E-state index in [1.807, 2.05) is 0 Å². The summed E-state index contributed by atoms with van der Waals surface area (Å²) in [5.41, 5.74) is 6.08. The van der Waals surface area contributed by atoms with Crippen LogP contribution in [-0.2, 0) is 25.9 Å². The molecule has 0 fully saturated rings. The zero-order valence-electron chi connectivity index (χ0n) is 16.5. The van der Waals surface area contributed by atoms with Crippen molar-refractivity contribution in [2.45, 2.75) is 51.4 Å². The third-order valence-electron chi connectivity index (χ3n) is 5.51. The van der Waals surface area contributed by atoms with Gasteiger partial charge in [-0.1, -0.05) is 0 Å². The molecule has 3 rings (SSSR count). The van der Waals surface area contributed by atoms with Gasteiger partial charge in [0, 0.05) is 0 Å². The van der Waals surface area contributed by atoms with Crippen LogP contribution in [0.4, 0.5) is 0 Å². The summed E-state index contributed by atoms with van der Waals surface area (Å²) in [5, 5.41) is 0. The molecule has 0 aliphatic heterocycles. The van der Waals surface area contributed by atoms with E-state index >= 15 is 0 Å². The first-order valence-electron chi connectivity index (χ1n) is 9.49. The van der Waals surface area contributed by atoms with Crippen molar-refractivity contribution in [3.8, 4) is 0 Å². The maximum atomic E-state index is 2.43. The summed E-state index contributed by atoms with van der Waals surface area (Å²) >= 11 is 2.28. The Morgan fingerprint density at radius 3 is 1.75 bits per heavy atom. The fourth-order valence-electron chi connectivity index (χ4n) is 4.29. The van der Waals surface area contributed by atoms with Gasteiger partial charge in [-0.05, 0) is 0 Å². The van der Waals surface area contributed by atoms with E-state index in [4.69, 9.17) is 0 Å². The molecule has 0 heterocycles. The molecule has 0 saturated carbocycles. The molecule has 0 N–H and O–H groups in total. The second-order valence-corrected chi connectivity index (χ2v) is 7.71. The maximum absolute atomic E-state index is 2.43. The average Bonchev–Trinajstić information content (AvgIpc) is 3.05. The number of hydrogen-bond donors (Lipinski definition) is 0. The summed E-state index contributed by atoms with van der Waals surface area (Å²) in [7, 11) is 0. The van der Waals surface area contributed by atoms with Crippen molar-refractivity contribution in [2.75, 3.05) is 0 Å². The first-order chi connectivity index (χ1) is 12.2. The normalized spacial score (nSPS) is 13.2. The third-order valence-corrected chi connectivity index (χ3v) is 6.30. The molecule has 0 bridgehead atoms. The number of hydrogen-bond acceptors (Lipinski definition) is 0. The van der Waals surface area contributed by atoms with E-state index in [1.54, 1.807) is 11.1 Å². The molecule has 148 valence electrons. The van der Waals surface area contributed by atoms with Gasteiger partial charge in [0.25, 0.3) is 0 Å². The van der Waals surface area contributed by atoms with Crippen LogP contribution < -0.4 is 37.2 Å². The number of allylic oxidation sites excluding steroid dienone is 4. The summed E-state index contributed by atoms with van der Waals surface area (Å²) in [6.07, 6.45) is 8.28. The van der Waals surface area contributed by atoms with Crippen LogP contribution in [0.1, 0.15) is 57.1 Å². The van der Waals surface area contributed by atoms with Crippen LogP contribution in [0.2, 0.25) is 0 Å². The minimum Gasteiger partial charge on any atom is -1.00 e. The smallest absolute Gasteiger partial charge is 1.00 e. The summed E-state index contributed by atoms with van der Waals surface area (Å²) in [6.45, 7) is 4.60. The fourth-order valence-corrected chi connectivity index (χ4v) is 4.96. The van der Waals surface area contributed by atoms with Crippen molar-refractivity contribution >= 4 is 0 Å². The van der Waals surface area contributed by atoms with Crippen molar-refractivity contribution in [1.82, 2.24) is 0 Å². The van der Waals surface area contributed by atoms with Gasteiger partial charge in [0.05, 0.1) is 0 Å². The zero-order chi connectivity index (χ0) is 17.7. The van der Waals surface area contributed by atoms with Gasteiger partial charge >= 0.3 is 165 Å². The molecule has 0 amide bonds. The first-order valence-corrected chi connectivity index (χ1v) is 10.3. The average molecular weight is 470 g/mol. The molecule has 0 unspecified atom stereocenters. The van der Waals surface area contributed by atoms with Gasteiger partial charge < -0.3 is 37.2 Å². The summed E-state index contributed by atoms with van der Waals surface area (Å²) in [6, 6.07) is 22.4. The van der Waals surface area contributed by atoms with E-state index in [0.29, 0.717) is 0 Å². The molecule has 1 aliphatic rings. The van der Waals surface area contributed by atoms with Crippen LogP contribution in [-0.4, -0.2) is 0 Å².